The van der Waals surface area contributed by atoms with Gasteiger partial charge in [0.15, 0.2) is 0 Å². The highest BCUT2D eigenvalue weighted by molar-refractivity contribution is 7.20. The Balaban J connectivity index is 1.71. The Morgan fingerprint density at radius 2 is 2.07 bits per heavy atom. The van der Waals surface area contributed by atoms with E-state index >= 15 is 0 Å². The van der Waals surface area contributed by atoms with Crippen LogP contribution in [0.15, 0.2) is 35.4 Å². The number of benzene rings is 1. The molecule has 1 aliphatic rings. The van der Waals surface area contributed by atoms with Crippen LogP contribution in [0.1, 0.15) is 46.6 Å². The number of likely N-dealkylation sites (tertiary alicyclic amines) is 1. The number of fused-ring (bicyclic) bond motifs is 1. The number of hydrogen-bond acceptors (Lipinski definition) is 5. The first kappa shape index (κ1) is 18.7. The van der Waals surface area contributed by atoms with Gasteiger partial charge in [-0.25, -0.2) is 4.98 Å². The smallest absolute Gasteiger partial charge is 0.264 e. The summed E-state index contributed by atoms with van der Waals surface area (Å²) >= 11 is 1.32. The summed E-state index contributed by atoms with van der Waals surface area (Å²) in [6.07, 6.45) is 3.46. The van der Waals surface area contributed by atoms with Crippen molar-refractivity contribution in [3.05, 3.63) is 57.0 Å². The first-order valence-corrected chi connectivity index (χ1v) is 10.3. The second kappa shape index (κ2) is 7.39. The molecule has 0 aliphatic carbocycles. The highest BCUT2D eigenvalue weighted by Gasteiger charge is 2.33. The summed E-state index contributed by atoms with van der Waals surface area (Å²) in [7, 11) is 1.64. The second-order valence-corrected chi connectivity index (χ2v) is 8.00. The zero-order chi connectivity index (χ0) is 19.8. The average molecular weight is 398 g/mol. The SMILES string of the molecule is CCn1cnc2sc(C(=O)N3CCC[C@H]3c3ccc(OC)cc3)c(C)c2c1=O. The van der Waals surface area contributed by atoms with Crippen molar-refractivity contribution in [3.8, 4) is 5.75 Å². The van der Waals surface area contributed by atoms with E-state index in [0.29, 0.717) is 21.6 Å². The number of carbonyl (C=O) groups excluding carboxylic acids is 1. The lowest BCUT2D eigenvalue weighted by molar-refractivity contribution is 0.0740. The molecule has 1 saturated heterocycles. The molecule has 0 radical (unpaired) electrons. The standard InChI is InChI=1S/C21H23N3O3S/c1-4-23-12-22-19-17(20(23)25)13(2)18(28-19)21(26)24-11-5-6-16(24)14-7-9-15(27-3)10-8-14/h7-10,12,16H,4-6,11H2,1-3H3/t16-/m0/s1. The second-order valence-electron chi connectivity index (χ2n) is 7.00. The molecule has 2 aromatic heterocycles. The Kier molecular flexibility index (Phi) is 4.93. The van der Waals surface area contributed by atoms with Crippen molar-refractivity contribution in [3.63, 3.8) is 0 Å². The first-order chi connectivity index (χ1) is 13.5. The zero-order valence-electron chi connectivity index (χ0n) is 16.3. The fourth-order valence-electron chi connectivity index (χ4n) is 3.90. The van der Waals surface area contributed by atoms with Gasteiger partial charge in [0.1, 0.15) is 10.6 Å². The van der Waals surface area contributed by atoms with Gasteiger partial charge in [-0.1, -0.05) is 12.1 Å². The topological polar surface area (TPSA) is 64.4 Å². The van der Waals surface area contributed by atoms with Crippen LogP contribution in [0.5, 0.6) is 5.75 Å². The lowest BCUT2D eigenvalue weighted by atomic mass is 10.0. The molecule has 0 unspecified atom stereocenters. The Morgan fingerprint density at radius 3 is 2.75 bits per heavy atom. The van der Waals surface area contributed by atoms with Crippen LogP contribution < -0.4 is 10.3 Å². The van der Waals surface area contributed by atoms with Crippen LogP contribution in [0, 0.1) is 6.92 Å². The molecule has 0 spiro atoms. The van der Waals surface area contributed by atoms with Crippen LogP contribution in [0.3, 0.4) is 0 Å². The Morgan fingerprint density at radius 1 is 1.32 bits per heavy atom. The van der Waals surface area contributed by atoms with Gasteiger partial charge in [0.25, 0.3) is 11.5 Å². The third kappa shape index (κ3) is 2.99. The van der Waals surface area contributed by atoms with Crippen molar-refractivity contribution >= 4 is 27.5 Å². The number of aryl methyl sites for hydroxylation is 2. The molecule has 3 aromatic rings. The Hall–Kier alpha value is -2.67. The van der Waals surface area contributed by atoms with Crippen LogP contribution in [0.4, 0.5) is 0 Å². The summed E-state index contributed by atoms with van der Waals surface area (Å²) in [6, 6.07) is 7.95. The molecule has 7 heteroatoms. The highest BCUT2D eigenvalue weighted by Crippen LogP contribution is 2.36. The molecular weight excluding hydrogens is 374 g/mol. The van der Waals surface area contributed by atoms with E-state index in [-0.39, 0.29) is 17.5 Å². The lowest BCUT2D eigenvalue weighted by Gasteiger charge is -2.25. The molecule has 4 rings (SSSR count). The molecule has 1 aliphatic heterocycles. The number of methoxy groups -OCH3 is 1. The monoisotopic (exact) mass is 397 g/mol. The van der Waals surface area contributed by atoms with Gasteiger partial charge in [-0.3, -0.25) is 14.2 Å². The van der Waals surface area contributed by atoms with E-state index in [9.17, 15) is 9.59 Å². The van der Waals surface area contributed by atoms with Gasteiger partial charge in [0, 0.05) is 13.1 Å². The van der Waals surface area contributed by atoms with Gasteiger partial charge in [-0.05, 0) is 49.9 Å². The van der Waals surface area contributed by atoms with E-state index < -0.39 is 0 Å². The number of carbonyl (C=O) groups is 1. The van der Waals surface area contributed by atoms with Gasteiger partial charge in [0.05, 0.1) is 29.7 Å². The van der Waals surface area contributed by atoms with Gasteiger partial charge < -0.3 is 9.64 Å². The molecule has 3 heterocycles. The van der Waals surface area contributed by atoms with Crippen LogP contribution in [-0.2, 0) is 6.54 Å². The molecular formula is C21H23N3O3S. The number of thiophene rings is 1. The fraction of sp³-hybridized carbons (Fsp3) is 0.381. The predicted molar refractivity (Wildman–Crippen MR) is 110 cm³/mol. The van der Waals surface area contributed by atoms with E-state index in [1.165, 1.54) is 11.3 Å². The molecule has 1 atom stereocenters. The van der Waals surface area contributed by atoms with Crippen molar-refractivity contribution in [2.45, 2.75) is 39.3 Å². The van der Waals surface area contributed by atoms with Crippen LogP contribution in [0.2, 0.25) is 0 Å². The maximum Gasteiger partial charge on any atom is 0.264 e. The van der Waals surface area contributed by atoms with Crippen molar-refractivity contribution in [2.75, 3.05) is 13.7 Å². The van der Waals surface area contributed by atoms with E-state index in [2.05, 4.69) is 4.98 Å². The van der Waals surface area contributed by atoms with E-state index in [1.54, 1.807) is 18.0 Å². The molecule has 1 amide bonds. The summed E-state index contributed by atoms with van der Waals surface area (Å²) in [5, 5.41) is 0.567. The number of aromatic nitrogens is 2. The number of ether oxygens (including phenoxy) is 1. The van der Waals surface area contributed by atoms with Crippen molar-refractivity contribution in [1.82, 2.24) is 14.5 Å². The molecule has 1 fully saturated rings. The summed E-state index contributed by atoms with van der Waals surface area (Å²) in [5.74, 6) is 0.791. The van der Waals surface area contributed by atoms with Crippen molar-refractivity contribution in [2.24, 2.45) is 0 Å². The molecule has 0 N–H and O–H groups in total. The first-order valence-electron chi connectivity index (χ1n) is 9.48. The summed E-state index contributed by atoms with van der Waals surface area (Å²) in [4.78, 5) is 33.6. The number of amides is 1. The Bertz CT molecular complexity index is 1080. The van der Waals surface area contributed by atoms with E-state index in [4.69, 9.17) is 4.74 Å². The maximum absolute atomic E-state index is 13.4. The van der Waals surface area contributed by atoms with E-state index in [0.717, 1.165) is 36.3 Å². The van der Waals surface area contributed by atoms with Crippen LogP contribution in [-0.4, -0.2) is 34.0 Å². The van der Waals surface area contributed by atoms with Gasteiger partial charge >= 0.3 is 0 Å². The van der Waals surface area contributed by atoms with Crippen LogP contribution >= 0.6 is 11.3 Å². The third-order valence-electron chi connectivity index (χ3n) is 5.47. The number of rotatable bonds is 4. The van der Waals surface area contributed by atoms with Gasteiger partial charge in [-0.15, -0.1) is 11.3 Å². The van der Waals surface area contributed by atoms with E-state index in [1.807, 2.05) is 43.0 Å². The molecule has 1 aromatic carbocycles. The zero-order valence-corrected chi connectivity index (χ0v) is 17.1. The number of nitrogens with zero attached hydrogens (tertiary/aromatic N) is 3. The van der Waals surface area contributed by atoms with Crippen LogP contribution in [0.25, 0.3) is 10.2 Å². The third-order valence-corrected chi connectivity index (χ3v) is 6.65. The minimum atomic E-state index is -0.0755. The summed E-state index contributed by atoms with van der Waals surface area (Å²) in [5.41, 5.74) is 1.77. The Labute approximate surface area is 167 Å². The quantitative estimate of drug-likeness (QED) is 0.672. The normalized spacial score (nSPS) is 16.7. The minimum absolute atomic E-state index is 0.0127. The largest absolute Gasteiger partial charge is 0.497 e. The average Bonchev–Trinajstić information content (AvgIpc) is 3.33. The molecule has 0 saturated carbocycles. The van der Waals surface area contributed by atoms with Crippen molar-refractivity contribution < 1.29 is 9.53 Å². The number of hydrogen-bond donors (Lipinski definition) is 0. The van der Waals surface area contributed by atoms with Gasteiger partial charge in [-0.2, -0.15) is 0 Å². The highest BCUT2D eigenvalue weighted by atomic mass is 32.1. The van der Waals surface area contributed by atoms with Gasteiger partial charge in [0.2, 0.25) is 0 Å². The molecule has 6 nitrogen and oxygen atoms in total. The predicted octanol–water partition coefficient (Wildman–Crippen LogP) is 3.77. The fourth-order valence-corrected chi connectivity index (χ4v) is 5.00. The maximum atomic E-state index is 13.4. The summed E-state index contributed by atoms with van der Waals surface area (Å²) < 4.78 is 6.81. The van der Waals surface area contributed by atoms with Crippen molar-refractivity contribution in [1.29, 1.82) is 0 Å². The minimum Gasteiger partial charge on any atom is -0.497 e. The molecule has 146 valence electrons. The molecule has 0 bridgehead atoms. The summed E-state index contributed by atoms with van der Waals surface area (Å²) in [6.45, 7) is 5.04. The molecule has 28 heavy (non-hydrogen) atoms. The lowest BCUT2D eigenvalue weighted by Crippen LogP contribution is -2.30.